The van der Waals surface area contributed by atoms with E-state index < -0.39 is 25.0 Å². The first-order chi connectivity index (χ1) is 8.88. The Kier molecular flexibility index (Phi) is 5.50. The van der Waals surface area contributed by atoms with Crippen LogP contribution in [0.2, 0.25) is 5.02 Å². The second-order valence-corrected chi connectivity index (χ2v) is 4.36. The maximum absolute atomic E-state index is 12.8. The fraction of sp³-hybridized carbons (Fsp3) is 0.417. The molecule has 1 amide bonds. The van der Waals surface area contributed by atoms with Gasteiger partial charge in [0, 0.05) is 10.6 Å². The molecule has 1 aromatic rings. The van der Waals surface area contributed by atoms with Gasteiger partial charge in [-0.3, -0.25) is 4.79 Å². The molecular weight excluding hydrogens is 280 g/mol. The highest BCUT2D eigenvalue weighted by atomic mass is 35.5. The number of aliphatic hydroxyl groups is 1. The van der Waals surface area contributed by atoms with Crippen LogP contribution in [0.25, 0.3) is 0 Å². The van der Waals surface area contributed by atoms with Gasteiger partial charge in [0.15, 0.2) is 0 Å². The molecule has 0 atom stereocenters. The summed E-state index contributed by atoms with van der Waals surface area (Å²) in [5, 5.41) is 10.8. The van der Waals surface area contributed by atoms with Crippen LogP contribution in [-0.4, -0.2) is 37.2 Å². The lowest BCUT2D eigenvalue weighted by molar-refractivity contribution is -0.123. The number of hydrogen-bond acceptors (Lipinski definition) is 3. The van der Waals surface area contributed by atoms with Gasteiger partial charge in [0.25, 0.3) is 5.92 Å². The fourth-order valence-electron chi connectivity index (χ4n) is 1.40. The van der Waals surface area contributed by atoms with Gasteiger partial charge in [-0.25, -0.2) is 8.78 Å². The van der Waals surface area contributed by atoms with Crippen LogP contribution in [0, 0.1) is 0 Å². The highest BCUT2D eigenvalue weighted by Crippen LogP contribution is 2.23. The fourth-order valence-corrected chi connectivity index (χ4v) is 1.60. The molecule has 4 nitrogen and oxygen atoms in total. The number of aliphatic hydroxyl groups excluding tert-OH is 1. The van der Waals surface area contributed by atoms with Gasteiger partial charge >= 0.3 is 0 Å². The Balaban J connectivity index is 2.64. The van der Waals surface area contributed by atoms with Gasteiger partial charge in [-0.05, 0) is 18.2 Å². The first kappa shape index (κ1) is 15.7. The Morgan fingerprint density at radius 1 is 1.53 bits per heavy atom. The van der Waals surface area contributed by atoms with E-state index in [-0.39, 0.29) is 6.42 Å². The molecule has 0 saturated carbocycles. The highest BCUT2D eigenvalue weighted by molar-refractivity contribution is 6.30. The lowest BCUT2D eigenvalue weighted by atomic mass is 10.1. The van der Waals surface area contributed by atoms with E-state index in [9.17, 15) is 13.6 Å². The van der Waals surface area contributed by atoms with E-state index >= 15 is 0 Å². The summed E-state index contributed by atoms with van der Waals surface area (Å²) in [5.74, 6) is -3.48. The lowest BCUT2D eigenvalue weighted by Gasteiger charge is -2.14. The minimum absolute atomic E-state index is 0.134. The van der Waals surface area contributed by atoms with E-state index in [1.807, 2.05) is 5.32 Å². The molecule has 19 heavy (non-hydrogen) atoms. The topological polar surface area (TPSA) is 58.6 Å². The summed E-state index contributed by atoms with van der Waals surface area (Å²) in [6.45, 7) is -2.22. The lowest BCUT2D eigenvalue weighted by Crippen LogP contribution is -2.39. The summed E-state index contributed by atoms with van der Waals surface area (Å²) >= 11 is 5.79. The summed E-state index contributed by atoms with van der Waals surface area (Å²) in [6, 6.07) is 4.72. The van der Waals surface area contributed by atoms with E-state index in [4.69, 9.17) is 21.4 Å². The largest absolute Gasteiger partial charge is 0.496 e. The number of carbonyl (C=O) groups excluding carboxylic acids is 1. The molecule has 7 heteroatoms. The number of halogens is 3. The number of benzene rings is 1. The van der Waals surface area contributed by atoms with Crippen molar-refractivity contribution in [2.75, 3.05) is 20.3 Å². The van der Waals surface area contributed by atoms with Crippen molar-refractivity contribution in [1.82, 2.24) is 5.32 Å². The van der Waals surface area contributed by atoms with Crippen LogP contribution < -0.4 is 10.1 Å². The van der Waals surface area contributed by atoms with Crippen LogP contribution in [0.5, 0.6) is 5.75 Å². The summed E-state index contributed by atoms with van der Waals surface area (Å²) in [7, 11) is 1.44. The third-order valence-electron chi connectivity index (χ3n) is 2.37. The van der Waals surface area contributed by atoms with Crippen LogP contribution in [0.4, 0.5) is 8.78 Å². The third-order valence-corrected chi connectivity index (χ3v) is 2.60. The van der Waals surface area contributed by atoms with Crippen LogP contribution >= 0.6 is 11.6 Å². The predicted molar refractivity (Wildman–Crippen MR) is 66.8 cm³/mol. The van der Waals surface area contributed by atoms with E-state index in [2.05, 4.69) is 0 Å². The molecule has 0 heterocycles. The highest BCUT2D eigenvalue weighted by Gasteiger charge is 2.28. The molecule has 0 aliphatic rings. The maximum atomic E-state index is 12.8. The summed E-state index contributed by atoms with van der Waals surface area (Å²) in [4.78, 5) is 11.5. The van der Waals surface area contributed by atoms with Crippen molar-refractivity contribution in [2.45, 2.75) is 12.3 Å². The van der Waals surface area contributed by atoms with Crippen molar-refractivity contribution in [3.05, 3.63) is 28.8 Å². The molecule has 0 bridgehead atoms. The minimum Gasteiger partial charge on any atom is -0.496 e. The van der Waals surface area contributed by atoms with Crippen molar-refractivity contribution in [3.8, 4) is 5.75 Å². The smallest absolute Gasteiger partial charge is 0.287 e. The molecule has 0 saturated heterocycles. The molecule has 0 radical (unpaired) electrons. The molecule has 0 fully saturated rings. The number of hydrogen-bond donors (Lipinski definition) is 2. The Morgan fingerprint density at radius 2 is 2.21 bits per heavy atom. The molecule has 0 aliphatic heterocycles. The van der Waals surface area contributed by atoms with Gasteiger partial charge in [-0.2, -0.15) is 0 Å². The molecule has 2 N–H and O–H groups in total. The van der Waals surface area contributed by atoms with E-state index in [1.165, 1.54) is 13.2 Å². The Bertz CT molecular complexity index is 455. The van der Waals surface area contributed by atoms with Crippen molar-refractivity contribution in [3.63, 3.8) is 0 Å². The number of rotatable bonds is 6. The Morgan fingerprint density at radius 3 is 2.79 bits per heavy atom. The minimum atomic E-state index is -3.33. The van der Waals surface area contributed by atoms with Gasteiger partial charge < -0.3 is 15.2 Å². The van der Waals surface area contributed by atoms with Crippen LogP contribution in [0.3, 0.4) is 0 Å². The summed E-state index contributed by atoms with van der Waals surface area (Å²) in [5.41, 5.74) is 0.500. The van der Waals surface area contributed by atoms with Gasteiger partial charge in [-0.15, -0.1) is 0 Å². The predicted octanol–water partition coefficient (Wildman–Crippen LogP) is 1.63. The zero-order chi connectivity index (χ0) is 14.5. The molecule has 0 spiro atoms. The van der Waals surface area contributed by atoms with Crippen molar-refractivity contribution < 1.29 is 23.4 Å². The van der Waals surface area contributed by atoms with Gasteiger partial charge in [0.05, 0.1) is 20.1 Å². The number of carbonyl (C=O) groups is 1. The average Bonchev–Trinajstić information content (AvgIpc) is 2.37. The second-order valence-electron chi connectivity index (χ2n) is 3.92. The molecule has 1 rings (SSSR count). The Labute approximate surface area is 114 Å². The standard InChI is InChI=1S/C12H14ClF2NO3/c1-19-10-3-2-9(13)4-8(10)5-11(18)16-6-12(14,15)7-17/h2-4,17H,5-7H2,1H3,(H,16,18). The first-order valence-electron chi connectivity index (χ1n) is 5.46. The normalized spacial score (nSPS) is 11.2. The van der Waals surface area contributed by atoms with E-state index in [0.29, 0.717) is 16.3 Å². The van der Waals surface area contributed by atoms with Crippen molar-refractivity contribution in [2.24, 2.45) is 0 Å². The van der Waals surface area contributed by atoms with Crippen molar-refractivity contribution >= 4 is 17.5 Å². The van der Waals surface area contributed by atoms with Gasteiger partial charge in [0.1, 0.15) is 12.4 Å². The van der Waals surface area contributed by atoms with Gasteiger partial charge in [0.2, 0.25) is 5.91 Å². The number of alkyl halides is 2. The van der Waals surface area contributed by atoms with Crippen LogP contribution in [-0.2, 0) is 11.2 Å². The quantitative estimate of drug-likeness (QED) is 0.838. The summed E-state index contributed by atoms with van der Waals surface area (Å²) < 4.78 is 30.5. The average molecular weight is 294 g/mol. The number of methoxy groups -OCH3 is 1. The molecule has 106 valence electrons. The SMILES string of the molecule is COc1ccc(Cl)cc1CC(=O)NCC(F)(F)CO. The second kappa shape index (κ2) is 6.68. The first-order valence-corrected chi connectivity index (χ1v) is 5.83. The molecule has 0 aromatic heterocycles. The van der Waals surface area contributed by atoms with Crippen molar-refractivity contribution in [1.29, 1.82) is 0 Å². The van der Waals surface area contributed by atoms with E-state index in [1.54, 1.807) is 12.1 Å². The summed E-state index contributed by atoms with van der Waals surface area (Å²) in [6.07, 6.45) is -0.134. The number of ether oxygens (including phenoxy) is 1. The number of nitrogens with one attached hydrogen (secondary N) is 1. The molecule has 0 aliphatic carbocycles. The zero-order valence-corrected chi connectivity index (χ0v) is 11.0. The van der Waals surface area contributed by atoms with Crippen LogP contribution in [0.1, 0.15) is 5.56 Å². The molecule has 1 aromatic carbocycles. The molecule has 0 unspecified atom stereocenters. The zero-order valence-electron chi connectivity index (χ0n) is 10.3. The number of amides is 1. The van der Waals surface area contributed by atoms with E-state index in [0.717, 1.165) is 0 Å². The maximum Gasteiger partial charge on any atom is 0.287 e. The van der Waals surface area contributed by atoms with Gasteiger partial charge in [-0.1, -0.05) is 11.6 Å². The third kappa shape index (κ3) is 5.00. The van der Waals surface area contributed by atoms with Crippen LogP contribution in [0.15, 0.2) is 18.2 Å². The molecular formula is C12H14ClF2NO3. The Hall–Kier alpha value is -1.40. The monoisotopic (exact) mass is 293 g/mol.